The van der Waals surface area contributed by atoms with Gasteiger partial charge in [-0.1, -0.05) is 13.3 Å². The minimum absolute atomic E-state index is 0.256. The second kappa shape index (κ2) is 8.64. The summed E-state index contributed by atoms with van der Waals surface area (Å²) in [4.78, 5) is 0.256. The van der Waals surface area contributed by atoms with Crippen LogP contribution in [0, 0.1) is 0 Å². The highest BCUT2D eigenvalue weighted by atomic mass is 32.2. The number of benzene rings is 1. The fourth-order valence-electron chi connectivity index (χ4n) is 2.60. The molecule has 0 spiro atoms. The molecule has 0 aromatic heterocycles. The van der Waals surface area contributed by atoms with Gasteiger partial charge in [0.1, 0.15) is 5.75 Å². The number of thiocarbonyl (C=S) groups is 1. The highest BCUT2D eigenvalue weighted by Crippen LogP contribution is 2.29. The van der Waals surface area contributed by atoms with Crippen LogP contribution in [-0.4, -0.2) is 44.6 Å². The van der Waals surface area contributed by atoms with E-state index in [-0.39, 0.29) is 4.90 Å². The molecule has 8 heteroatoms. The number of hydrogen-bond donors (Lipinski definition) is 2. The normalized spacial score (nSPS) is 15.8. The Bertz CT molecular complexity index is 671. The summed E-state index contributed by atoms with van der Waals surface area (Å²) >= 11 is 5.23. The van der Waals surface area contributed by atoms with Crippen LogP contribution < -0.4 is 15.4 Å². The van der Waals surface area contributed by atoms with E-state index in [9.17, 15) is 8.42 Å². The Kier molecular flexibility index (Phi) is 6.82. The van der Waals surface area contributed by atoms with Gasteiger partial charge in [-0.15, -0.1) is 0 Å². The molecule has 1 aliphatic rings. The lowest BCUT2D eigenvalue weighted by atomic mass is 10.2. The highest BCUT2D eigenvalue weighted by molar-refractivity contribution is 7.89. The second-order valence-electron chi connectivity index (χ2n) is 5.71. The second-order valence-corrected chi connectivity index (χ2v) is 8.05. The summed E-state index contributed by atoms with van der Waals surface area (Å²) in [7, 11) is -1.94. The molecule has 1 aromatic carbocycles. The molecule has 1 aromatic rings. The number of piperidine rings is 1. The monoisotopic (exact) mass is 371 g/mol. The van der Waals surface area contributed by atoms with Crippen LogP contribution in [0.25, 0.3) is 0 Å². The molecule has 1 aliphatic heterocycles. The first kappa shape index (κ1) is 19.0. The predicted molar refractivity (Wildman–Crippen MR) is 100 cm³/mol. The standard InChI is InChI=1S/C16H25N3O3S2/c1-3-9-17-16(23)18-14-12-13(7-8-15(14)22-2)24(20,21)19-10-5-4-6-11-19/h7-8,12H,3-6,9-11H2,1-2H3,(H2,17,18,23). The number of anilines is 1. The summed E-state index contributed by atoms with van der Waals surface area (Å²) < 4.78 is 32.5. The molecule has 1 saturated heterocycles. The van der Waals surface area contributed by atoms with Gasteiger partial charge in [-0.25, -0.2) is 8.42 Å². The van der Waals surface area contributed by atoms with Crippen molar-refractivity contribution in [1.29, 1.82) is 0 Å². The first-order chi connectivity index (χ1) is 11.5. The van der Waals surface area contributed by atoms with Crippen LogP contribution in [0.4, 0.5) is 5.69 Å². The van der Waals surface area contributed by atoms with Gasteiger partial charge in [0.05, 0.1) is 17.7 Å². The largest absolute Gasteiger partial charge is 0.495 e. The first-order valence-corrected chi connectivity index (χ1v) is 10.1. The van der Waals surface area contributed by atoms with Crippen molar-refractivity contribution in [3.63, 3.8) is 0 Å². The van der Waals surface area contributed by atoms with E-state index in [1.54, 1.807) is 29.6 Å². The third-order valence-electron chi connectivity index (χ3n) is 3.91. The molecule has 0 radical (unpaired) electrons. The molecule has 0 unspecified atom stereocenters. The molecular formula is C16H25N3O3S2. The van der Waals surface area contributed by atoms with Crippen LogP contribution in [0.2, 0.25) is 0 Å². The van der Waals surface area contributed by atoms with E-state index in [0.717, 1.165) is 32.2 Å². The Morgan fingerprint density at radius 3 is 2.62 bits per heavy atom. The zero-order valence-electron chi connectivity index (χ0n) is 14.2. The van der Waals surface area contributed by atoms with E-state index >= 15 is 0 Å². The van der Waals surface area contributed by atoms with Crippen LogP contribution in [0.3, 0.4) is 0 Å². The number of nitrogens with one attached hydrogen (secondary N) is 2. The molecule has 0 bridgehead atoms. The topological polar surface area (TPSA) is 70.7 Å². The van der Waals surface area contributed by atoms with Gasteiger partial charge in [-0.2, -0.15) is 4.31 Å². The van der Waals surface area contributed by atoms with E-state index < -0.39 is 10.0 Å². The van der Waals surface area contributed by atoms with Crippen molar-refractivity contribution in [2.24, 2.45) is 0 Å². The SMILES string of the molecule is CCCNC(=S)Nc1cc(S(=O)(=O)N2CCCCC2)ccc1OC. The van der Waals surface area contributed by atoms with Crippen LogP contribution in [0.5, 0.6) is 5.75 Å². The molecule has 2 rings (SSSR count). The quantitative estimate of drug-likeness (QED) is 0.749. The van der Waals surface area contributed by atoms with E-state index in [1.165, 1.54) is 0 Å². The van der Waals surface area contributed by atoms with Crippen molar-refractivity contribution in [1.82, 2.24) is 9.62 Å². The summed E-state index contributed by atoms with van der Waals surface area (Å²) in [5.41, 5.74) is 0.546. The minimum atomic E-state index is -3.49. The van der Waals surface area contributed by atoms with Gasteiger partial charge < -0.3 is 15.4 Å². The van der Waals surface area contributed by atoms with Crippen molar-refractivity contribution < 1.29 is 13.2 Å². The third-order valence-corrected chi connectivity index (χ3v) is 6.05. The van der Waals surface area contributed by atoms with Gasteiger partial charge in [0.25, 0.3) is 0 Å². The van der Waals surface area contributed by atoms with Gasteiger partial charge in [0, 0.05) is 19.6 Å². The van der Waals surface area contributed by atoms with Gasteiger partial charge in [-0.05, 0) is 49.7 Å². The number of nitrogens with zero attached hydrogens (tertiary/aromatic N) is 1. The lowest BCUT2D eigenvalue weighted by Crippen LogP contribution is -2.35. The van der Waals surface area contributed by atoms with E-state index in [2.05, 4.69) is 10.6 Å². The molecule has 0 aliphatic carbocycles. The molecule has 2 N–H and O–H groups in total. The molecule has 6 nitrogen and oxygen atoms in total. The smallest absolute Gasteiger partial charge is 0.243 e. The highest BCUT2D eigenvalue weighted by Gasteiger charge is 2.26. The van der Waals surface area contributed by atoms with Gasteiger partial charge in [-0.3, -0.25) is 0 Å². The zero-order chi connectivity index (χ0) is 17.6. The van der Waals surface area contributed by atoms with Gasteiger partial charge in [0.2, 0.25) is 10.0 Å². The number of rotatable bonds is 6. The van der Waals surface area contributed by atoms with E-state index in [1.807, 2.05) is 6.92 Å². The lowest BCUT2D eigenvalue weighted by Gasteiger charge is -2.26. The van der Waals surface area contributed by atoms with Gasteiger partial charge >= 0.3 is 0 Å². The fraction of sp³-hybridized carbons (Fsp3) is 0.562. The average Bonchev–Trinajstić information content (AvgIpc) is 2.60. The fourth-order valence-corrected chi connectivity index (χ4v) is 4.36. The average molecular weight is 372 g/mol. The minimum Gasteiger partial charge on any atom is -0.495 e. The molecule has 0 atom stereocenters. The Labute approximate surface area is 149 Å². The van der Waals surface area contributed by atoms with Crippen molar-refractivity contribution in [3.8, 4) is 5.75 Å². The van der Waals surface area contributed by atoms with Crippen LogP contribution in [0.1, 0.15) is 32.6 Å². The summed E-state index contributed by atoms with van der Waals surface area (Å²) in [5, 5.41) is 6.53. The van der Waals surface area contributed by atoms with E-state index in [0.29, 0.717) is 29.6 Å². The Morgan fingerprint density at radius 2 is 2.00 bits per heavy atom. The predicted octanol–water partition coefficient (Wildman–Crippen LogP) is 2.57. The van der Waals surface area contributed by atoms with Gasteiger partial charge in [0.15, 0.2) is 5.11 Å². The Balaban J connectivity index is 2.25. The molecule has 134 valence electrons. The number of sulfonamides is 1. The molecule has 24 heavy (non-hydrogen) atoms. The molecule has 1 heterocycles. The van der Waals surface area contributed by atoms with Crippen LogP contribution >= 0.6 is 12.2 Å². The number of hydrogen-bond acceptors (Lipinski definition) is 4. The summed E-state index contributed by atoms with van der Waals surface area (Å²) in [5.74, 6) is 0.549. The summed E-state index contributed by atoms with van der Waals surface area (Å²) in [6.45, 7) is 3.95. The number of ether oxygens (including phenoxy) is 1. The Morgan fingerprint density at radius 1 is 1.29 bits per heavy atom. The van der Waals surface area contributed by atoms with Crippen molar-refractivity contribution in [2.75, 3.05) is 32.1 Å². The summed E-state index contributed by atoms with van der Waals surface area (Å²) in [6.07, 6.45) is 3.85. The zero-order valence-corrected chi connectivity index (χ0v) is 15.8. The van der Waals surface area contributed by atoms with Crippen molar-refractivity contribution in [2.45, 2.75) is 37.5 Å². The Hall–Kier alpha value is -1.38. The molecule has 0 amide bonds. The maximum atomic E-state index is 12.8. The molecule has 1 fully saturated rings. The maximum absolute atomic E-state index is 12.8. The first-order valence-electron chi connectivity index (χ1n) is 8.22. The summed E-state index contributed by atoms with van der Waals surface area (Å²) in [6, 6.07) is 4.82. The lowest BCUT2D eigenvalue weighted by molar-refractivity contribution is 0.346. The third kappa shape index (κ3) is 4.58. The number of methoxy groups -OCH3 is 1. The van der Waals surface area contributed by atoms with Crippen molar-refractivity contribution in [3.05, 3.63) is 18.2 Å². The molecular weight excluding hydrogens is 346 g/mol. The van der Waals surface area contributed by atoms with E-state index in [4.69, 9.17) is 17.0 Å². The maximum Gasteiger partial charge on any atom is 0.243 e. The molecule has 0 saturated carbocycles. The van der Waals surface area contributed by atoms with Crippen molar-refractivity contribution >= 4 is 33.0 Å². The van der Waals surface area contributed by atoms with Crippen LogP contribution in [0.15, 0.2) is 23.1 Å². The van der Waals surface area contributed by atoms with Crippen LogP contribution in [-0.2, 0) is 10.0 Å².